The fraction of sp³-hybridized carbons (Fsp3) is 0.647. The molecule has 2 N–H and O–H groups in total. The van der Waals surface area contributed by atoms with Crippen LogP contribution in [0.3, 0.4) is 0 Å². The van der Waals surface area contributed by atoms with Crippen LogP contribution in [0.5, 0.6) is 0 Å². The van der Waals surface area contributed by atoms with Gasteiger partial charge in [0, 0.05) is 29.3 Å². The van der Waals surface area contributed by atoms with Crippen molar-refractivity contribution in [2.24, 2.45) is 5.73 Å². The Kier molecular flexibility index (Phi) is 8.24. The number of anilines is 1. The van der Waals surface area contributed by atoms with E-state index < -0.39 is 0 Å². The maximum Gasteiger partial charge on any atom is 0.0377 e. The first-order chi connectivity index (χ1) is 9.58. The van der Waals surface area contributed by atoms with Crippen molar-refractivity contribution in [2.75, 3.05) is 18.0 Å². The van der Waals surface area contributed by atoms with Crippen LogP contribution in [0.4, 0.5) is 5.69 Å². The van der Waals surface area contributed by atoms with Crippen LogP contribution >= 0.6 is 15.9 Å². The van der Waals surface area contributed by atoms with E-state index in [-0.39, 0.29) is 6.04 Å². The number of halogens is 1. The number of unbranched alkanes of at least 4 members (excludes halogenated alkanes) is 2. The number of nitrogens with zero attached hydrogens (tertiary/aromatic N) is 1. The van der Waals surface area contributed by atoms with Crippen LogP contribution in [0.1, 0.15) is 52.0 Å². The van der Waals surface area contributed by atoms with Gasteiger partial charge in [-0.2, -0.15) is 0 Å². The van der Waals surface area contributed by atoms with E-state index >= 15 is 0 Å². The molecule has 0 spiro atoms. The largest absolute Gasteiger partial charge is 0.372 e. The summed E-state index contributed by atoms with van der Waals surface area (Å²) < 4.78 is 1.19. The van der Waals surface area contributed by atoms with E-state index in [4.69, 9.17) is 5.73 Å². The molecule has 0 heterocycles. The highest BCUT2D eigenvalue weighted by Crippen LogP contribution is 2.25. The zero-order chi connectivity index (χ0) is 15.0. The van der Waals surface area contributed by atoms with Gasteiger partial charge in [-0.1, -0.05) is 48.7 Å². The summed E-state index contributed by atoms with van der Waals surface area (Å²) in [6, 6.07) is 6.92. The van der Waals surface area contributed by atoms with Crippen molar-refractivity contribution in [3.05, 3.63) is 28.2 Å². The van der Waals surface area contributed by atoms with E-state index in [9.17, 15) is 0 Å². The topological polar surface area (TPSA) is 29.3 Å². The normalized spacial score (nSPS) is 12.4. The fourth-order valence-electron chi connectivity index (χ4n) is 2.31. The predicted molar refractivity (Wildman–Crippen MR) is 93.5 cm³/mol. The minimum absolute atomic E-state index is 0.202. The molecular formula is C17H29BrN2. The first-order valence-electron chi connectivity index (χ1n) is 7.87. The lowest BCUT2D eigenvalue weighted by Crippen LogP contribution is -2.25. The summed E-state index contributed by atoms with van der Waals surface area (Å²) in [5.41, 5.74) is 8.52. The lowest BCUT2D eigenvalue weighted by atomic mass is 10.1. The third-order valence-electron chi connectivity index (χ3n) is 3.51. The molecule has 20 heavy (non-hydrogen) atoms. The molecule has 1 aromatic rings. The highest BCUT2D eigenvalue weighted by atomic mass is 79.9. The van der Waals surface area contributed by atoms with E-state index in [2.05, 4.69) is 59.8 Å². The van der Waals surface area contributed by atoms with Crippen LogP contribution in [0.25, 0.3) is 0 Å². The number of nitrogens with two attached hydrogens (primary N) is 1. The molecule has 0 saturated carbocycles. The van der Waals surface area contributed by atoms with Gasteiger partial charge >= 0.3 is 0 Å². The van der Waals surface area contributed by atoms with Crippen LogP contribution in [0.15, 0.2) is 22.7 Å². The van der Waals surface area contributed by atoms with Gasteiger partial charge in [0.2, 0.25) is 0 Å². The van der Waals surface area contributed by atoms with Gasteiger partial charge in [0.15, 0.2) is 0 Å². The Morgan fingerprint density at radius 1 is 1.15 bits per heavy atom. The summed E-state index contributed by atoms with van der Waals surface area (Å²) >= 11 is 3.70. The van der Waals surface area contributed by atoms with Crippen molar-refractivity contribution in [3.8, 4) is 0 Å². The number of hydrogen-bond acceptors (Lipinski definition) is 2. The lowest BCUT2D eigenvalue weighted by molar-refractivity contribution is 0.677. The van der Waals surface area contributed by atoms with Crippen LogP contribution in [-0.2, 0) is 6.42 Å². The molecule has 0 aliphatic carbocycles. The van der Waals surface area contributed by atoms with E-state index in [1.807, 2.05) is 0 Å². The van der Waals surface area contributed by atoms with E-state index in [1.54, 1.807) is 0 Å². The number of rotatable bonds is 9. The first-order valence-corrected chi connectivity index (χ1v) is 8.66. The Labute approximate surface area is 132 Å². The average molecular weight is 341 g/mol. The van der Waals surface area contributed by atoms with Crippen molar-refractivity contribution in [2.45, 2.75) is 58.9 Å². The Morgan fingerprint density at radius 3 is 2.20 bits per heavy atom. The van der Waals surface area contributed by atoms with Crippen LogP contribution in [0.2, 0.25) is 0 Å². The summed E-state index contributed by atoms with van der Waals surface area (Å²) in [4.78, 5) is 2.51. The summed E-state index contributed by atoms with van der Waals surface area (Å²) in [5, 5.41) is 0. The zero-order valence-corrected chi connectivity index (χ0v) is 14.7. The van der Waals surface area contributed by atoms with Gasteiger partial charge in [0.05, 0.1) is 0 Å². The van der Waals surface area contributed by atoms with Gasteiger partial charge in [-0.05, 0) is 43.9 Å². The van der Waals surface area contributed by atoms with Gasteiger partial charge in [-0.3, -0.25) is 0 Å². The molecule has 1 rings (SSSR count). The molecule has 0 aliphatic heterocycles. The maximum atomic E-state index is 5.89. The summed E-state index contributed by atoms with van der Waals surface area (Å²) in [7, 11) is 0. The summed E-state index contributed by atoms with van der Waals surface area (Å²) in [6.45, 7) is 8.85. The second kappa shape index (κ2) is 9.41. The van der Waals surface area contributed by atoms with Crippen molar-refractivity contribution >= 4 is 21.6 Å². The van der Waals surface area contributed by atoms with Crippen molar-refractivity contribution < 1.29 is 0 Å². The molecule has 0 aliphatic rings. The predicted octanol–water partition coefficient (Wildman–Crippen LogP) is 4.75. The Hall–Kier alpha value is -0.540. The van der Waals surface area contributed by atoms with Crippen molar-refractivity contribution in [3.63, 3.8) is 0 Å². The van der Waals surface area contributed by atoms with Crippen molar-refractivity contribution in [1.29, 1.82) is 0 Å². The minimum Gasteiger partial charge on any atom is -0.372 e. The lowest BCUT2D eigenvalue weighted by Gasteiger charge is -2.25. The molecule has 0 radical (unpaired) electrons. The Balaban J connectivity index is 2.81. The van der Waals surface area contributed by atoms with Gasteiger partial charge in [-0.25, -0.2) is 0 Å². The standard InChI is InChI=1S/C17H29BrN2/c1-4-6-10-20(11-7-5-2)16-9-8-15(12-14(3)19)17(18)13-16/h8-9,13-14H,4-7,10-12,19H2,1-3H3. The Bertz CT molecular complexity index is 383. The molecule has 1 atom stereocenters. The fourth-order valence-corrected chi connectivity index (χ4v) is 2.84. The molecule has 114 valence electrons. The molecule has 0 saturated heterocycles. The summed E-state index contributed by atoms with van der Waals surface area (Å²) in [5.74, 6) is 0. The molecule has 3 heteroatoms. The second-order valence-electron chi connectivity index (χ2n) is 5.65. The van der Waals surface area contributed by atoms with Gasteiger partial charge < -0.3 is 10.6 Å². The quantitative estimate of drug-likeness (QED) is 0.703. The molecule has 0 fully saturated rings. The minimum atomic E-state index is 0.202. The number of benzene rings is 1. The highest BCUT2D eigenvalue weighted by molar-refractivity contribution is 9.10. The smallest absolute Gasteiger partial charge is 0.0377 e. The van der Waals surface area contributed by atoms with E-state index in [0.717, 1.165) is 19.5 Å². The SMILES string of the molecule is CCCCN(CCCC)c1ccc(CC(C)N)c(Br)c1. The third-order valence-corrected chi connectivity index (χ3v) is 4.25. The van der Waals surface area contributed by atoms with Crippen molar-refractivity contribution in [1.82, 2.24) is 0 Å². The molecule has 0 aromatic heterocycles. The summed E-state index contributed by atoms with van der Waals surface area (Å²) in [6.07, 6.45) is 5.91. The van der Waals surface area contributed by atoms with Crippen LogP contribution < -0.4 is 10.6 Å². The second-order valence-corrected chi connectivity index (χ2v) is 6.51. The van der Waals surface area contributed by atoms with Crippen LogP contribution in [0, 0.1) is 0 Å². The highest BCUT2D eigenvalue weighted by Gasteiger charge is 2.09. The molecule has 2 nitrogen and oxygen atoms in total. The molecule has 1 unspecified atom stereocenters. The monoisotopic (exact) mass is 340 g/mol. The van der Waals surface area contributed by atoms with Gasteiger partial charge in [0.25, 0.3) is 0 Å². The third kappa shape index (κ3) is 5.84. The Morgan fingerprint density at radius 2 is 1.75 bits per heavy atom. The average Bonchev–Trinajstić information content (AvgIpc) is 2.41. The molecule has 0 amide bonds. The first kappa shape index (κ1) is 17.5. The van der Waals surface area contributed by atoms with E-state index in [1.165, 1.54) is 41.4 Å². The molecule has 0 bridgehead atoms. The van der Waals surface area contributed by atoms with E-state index in [0.29, 0.717) is 0 Å². The molecular weight excluding hydrogens is 312 g/mol. The molecule has 1 aromatic carbocycles. The van der Waals surface area contributed by atoms with Gasteiger partial charge in [-0.15, -0.1) is 0 Å². The number of hydrogen-bond donors (Lipinski definition) is 1. The maximum absolute atomic E-state index is 5.89. The van der Waals surface area contributed by atoms with Crippen LogP contribution in [-0.4, -0.2) is 19.1 Å². The zero-order valence-electron chi connectivity index (χ0n) is 13.2. The van der Waals surface area contributed by atoms with Gasteiger partial charge in [0.1, 0.15) is 0 Å².